The molecule has 0 bridgehead atoms. The number of benzene rings is 4. The molecule has 8 heteroatoms. The van der Waals surface area contributed by atoms with Crippen LogP contribution in [0.3, 0.4) is 0 Å². The molecular formula is C36H40N2O5S. The summed E-state index contributed by atoms with van der Waals surface area (Å²) in [5.74, 6) is 1.51. The first kappa shape index (κ1) is 31.8. The quantitative estimate of drug-likeness (QED) is 0.139. The molecule has 1 heterocycles. The molecular weight excluding hydrogens is 572 g/mol. The summed E-state index contributed by atoms with van der Waals surface area (Å²) in [5.41, 5.74) is 6.97. The van der Waals surface area contributed by atoms with Crippen LogP contribution in [-0.2, 0) is 29.2 Å². The number of aliphatic hydroxyl groups excluding tert-OH is 2. The van der Waals surface area contributed by atoms with Crippen LogP contribution in [0.5, 0.6) is 0 Å². The molecule has 0 unspecified atom stereocenters. The van der Waals surface area contributed by atoms with Crippen molar-refractivity contribution in [1.82, 2.24) is 10.6 Å². The maximum Gasteiger partial charge on any atom is 0.315 e. The van der Waals surface area contributed by atoms with Crippen molar-refractivity contribution in [1.29, 1.82) is 0 Å². The zero-order chi connectivity index (χ0) is 30.7. The van der Waals surface area contributed by atoms with Crippen LogP contribution in [0.1, 0.15) is 47.1 Å². The number of nitrogens with one attached hydrogen (secondary N) is 2. The monoisotopic (exact) mass is 612 g/mol. The lowest BCUT2D eigenvalue weighted by molar-refractivity contribution is -0.268. The Balaban J connectivity index is 1.28. The molecule has 1 saturated heterocycles. The molecule has 4 aromatic carbocycles. The van der Waals surface area contributed by atoms with Gasteiger partial charge in [0.1, 0.15) is 0 Å². The summed E-state index contributed by atoms with van der Waals surface area (Å²) in [6, 6.07) is 33.8. The lowest BCUT2D eigenvalue weighted by Crippen LogP contribution is -2.38. The van der Waals surface area contributed by atoms with Crippen LogP contribution in [0.15, 0.2) is 103 Å². The van der Waals surface area contributed by atoms with Gasteiger partial charge in [-0.15, -0.1) is 0 Å². The van der Waals surface area contributed by atoms with E-state index in [-0.39, 0.29) is 37.4 Å². The second-order valence-corrected chi connectivity index (χ2v) is 12.1. The van der Waals surface area contributed by atoms with Crippen LogP contribution in [0, 0.1) is 5.92 Å². The van der Waals surface area contributed by atoms with Crippen molar-refractivity contribution in [2.45, 2.75) is 45.1 Å². The van der Waals surface area contributed by atoms with Gasteiger partial charge in [-0.25, -0.2) is 4.79 Å². The van der Waals surface area contributed by atoms with Gasteiger partial charge in [-0.2, -0.15) is 11.8 Å². The van der Waals surface area contributed by atoms with Crippen LogP contribution < -0.4 is 10.6 Å². The van der Waals surface area contributed by atoms with Gasteiger partial charge in [-0.1, -0.05) is 110 Å². The number of rotatable bonds is 12. The highest BCUT2D eigenvalue weighted by molar-refractivity contribution is 7.99. The van der Waals surface area contributed by atoms with Gasteiger partial charge in [-0.3, -0.25) is 0 Å². The van der Waals surface area contributed by atoms with E-state index in [1.54, 1.807) is 11.8 Å². The standard InChI is InChI=1S/C36H40N2O5S/c1-25-33(24-44-20-19-39)42-35(43-34(25)29-13-11-27(23-40)12-14-29)30-17-15-28(16-18-30)32-10-6-5-9-31(32)22-38-36(41)37-21-26-7-3-2-4-8-26/h2-18,25,33-35,39-40H,19-24H2,1H3,(H2,37,38,41)/t25-,33+,34+,35+/m0/s1. The van der Waals surface area contributed by atoms with E-state index in [0.29, 0.717) is 18.8 Å². The Labute approximate surface area is 263 Å². The third kappa shape index (κ3) is 8.28. The third-order valence-corrected chi connectivity index (χ3v) is 8.92. The molecule has 230 valence electrons. The molecule has 0 radical (unpaired) electrons. The number of hydrogen-bond acceptors (Lipinski definition) is 6. The second-order valence-electron chi connectivity index (χ2n) is 10.9. The first-order valence-corrected chi connectivity index (χ1v) is 16.1. The fraction of sp³-hybridized carbons (Fsp3) is 0.306. The smallest absolute Gasteiger partial charge is 0.315 e. The highest BCUT2D eigenvalue weighted by Gasteiger charge is 2.38. The number of carbonyl (C=O) groups is 1. The molecule has 1 aliphatic heterocycles. The molecule has 4 N–H and O–H groups in total. The van der Waals surface area contributed by atoms with Crippen molar-refractivity contribution in [3.05, 3.63) is 131 Å². The molecule has 44 heavy (non-hydrogen) atoms. The van der Waals surface area contributed by atoms with Gasteiger partial charge >= 0.3 is 6.03 Å². The Kier molecular flexibility index (Phi) is 11.5. The molecule has 2 amide bonds. The maximum atomic E-state index is 12.5. The van der Waals surface area contributed by atoms with E-state index in [9.17, 15) is 15.0 Å². The average Bonchev–Trinajstić information content (AvgIpc) is 3.08. The van der Waals surface area contributed by atoms with Gasteiger partial charge in [0.15, 0.2) is 6.29 Å². The molecule has 4 aromatic rings. The predicted molar refractivity (Wildman–Crippen MR) is 175 cm³/mol. The Morgan fingerprint density at radius 3 is 2.18 bits per heavy atom. The first-order valence-electron chi connectivity index (χ1n) is 15.0. The number of carbonyl (C=O) groups excluding carboxylic acids is 1. The van der Waals surface area contributed by atoms with Crippen LogP contribution >= 0.6 is 11.8 Å². The number of aliphatic hydroxyl groups is 2. The molecule has 0 spiro atoms. The highest BCUT2D eigenvalue weighted by Crippen LogP contribution is 2.42. The van der Waals surface area contributed by atoms with Gasteiger partial charge in [0.2, 0.25) is 0 Å². The Morgan fingerprint density at radius 1 is 0.773 bits per heavy atom. The third-order valence-electron chi connectivity index (χ3n) is 7.89. The highest BCUT2D eigenvalue weighted by atomic mass is 32.2. The van der Waals surface area contributed by atoms with Crippen molar-refractivity contribution in [2.75, 3.05) is 18.1 Å². The Hall–Kier alpha value is -3.66. The summed E-state index contributed by atoms with van der Waals surface area (Å²) >= 11 is 1.68. The lowest BCUT2D eigenvalue weighted by Gasteiger charge is -2.41. The van der Waals surface area contributed by atoms with Crippen LogP contribution in [0.2, 0.25) is 0 Å². The van der Waals surface area contributed by atoms with Crippen molar-refractivity contribution in [3.8, 4) is 11.1 Å². The minimum atomic E-state index is -0.548. The van der Waals surface area contributed by atoms with E-state index in [1.807, 2.05) is 84.9 Å². The average molecular weight is 613 g/mol. The van der Waals surface area contributed by atoms with Crippen LogP contribution in [0.4, 0.5) is 4.79 Å². The number of urea groups is 1. The molecule has 0 aliphatic carbocycles. The molecule has 4 atom stereocenters. The molecule has 0 aromatic heterocycles. The van der Waals surface area contributed by atoms with Gasteiger partial charge < -0.3 is 30.3 Å². The minimum absolute atomic E-state index is 0.000509. The van der Waals surface area contributed by atoms with E-state index in [0.717, 1.165) is 44.7 Å². The molecule has 7 nitrogen and oxygen atoms in total. The molecule has 0 saturated carbocycles. The fourth-order valence-electron chi connectivity index (χ4n) is 5.37. The summed E-state index contributed by atoms with van der Waals surface area (Å²) in [4.78, 5) is 12.5. The lowest BCUT2D eigenvalue weighted by atomic mass is 9.91. The summed E-state index contributed by atoms with van der Waals surface area (Å²) in [6.45, 7) is 3.14. The molecule has 1 fully saturated rings. The number of amides is 2. The summed E-state index contributed by atoms with van der Waals surface area (Å²) in [6.07, 6.45) is -0.791. The second kappa shape index (κ2) is 15.9. The van der Waals surface area contributed by atoms with Crippen molar-refractivity contribution < 1.29 is 24.5 Å². The molecule has 5 rings (SSSR count). The topological polar surface area (TPSA) is 100 Å². The SMILES string of the molecule is C[C@H]1[C@@H](CSCCO)O[C@@H](c2ccc(-c3ccccc3CNC(=O)NCc3ccccc3)cc2)O[C@H]1c1ccc(CO)cc1. The number of hydrogen-bond donors (Lipinski definition) is 4. The van der Waals surface area contributed by atoms with Crippen LogP contribution in [-0.4, -0.2) is 40.5 Å². The van der Waals surface area contributed by atoms with Gasteiger partial charge in [0.05, 0.1) is 25.4 Å². The van der Waals surface area contributed by atoms with E-state index in [4.69, 9.17) is 9.47 Å². The summed E-state index contributed by atoms with van der Waals surface area (Å²) in [5, 5.41) is 24.7. The molecule has 1 aliphatic rings. The predicted octanol–water partition coefficient (Wildman–Crippen LogP) is 6.36. The van der Waals surface area contributed by atoms with E-state index in [2.05, 4.69) is 35.8 Å². The van der Waals surface area contributed by atoms with Crippen molar-refractivity contribution in [3.63, 3.8) is 0 Å². The van der Waals surface area contributed by atoms with Crippen molar-refractivity contribution in [2.24, 2.45) is 5.92 Å². The largest absolute Gasteiger partial charge is 0.396 e. The van der Waals surface area contributed by atoms with Gasteiger partial charge in [0, 0.05) is 36.1 Å². The van der Waals surface area contributed by atoms with Gasteiger partial charge in [-0.05, 0) is 33.4 Å². The maximum absolute atomic E-state index is 12.5. The van der Waals surface area contributed by atoms with E-state index < -0.39 is 6.29 Å². The van der Waals surface area contributed by atoms with E-state index >= 15 is 0 Å². The Morgan fingerprint density at radius 2 is 1.45 bits per heavy atom. The summed E-state index contributed by atoms with van der Waals surface area (Å²) < 4.78 is 13.1. The Bertz CT molecular complexity index is 1470. The van der Waals surface area contributed by atoms with E-state index in [1.165, 1.54) is 0 Å². The zero-order valence-electron chi connectivity index (χ0n) is 24.9. The number of thioether (sulfide) groups is 1. The number of ether oxygens (including phenoxy) is 2. The summed E-state index contributed by atoms with van der Waals surface area (Å²) in [7, 11) is 0. The van der Waals surface area contributed by atoms with Crippen molar-refractivity contribution >= 4 is 17.8 Å². The first-order chi connectivity index (χ1) is 21.6. The fourth-order valence-corrected chi connectivity index (χ4v) is 6.28. The zero-order valence-corrected chi connectivity index (χ0v) is 25.7. The van der Waals surface area contributed by atoms with Gasteiger partial charge in [0.25, 0.3) is 0 Å². The minimum Gasteiger partial charge on any atom is -0.396 e. The van der Waals surface area contributed by atoms with Crippen LogP contribution in [0.25, 0.3) is 11.1 Å². The normalized spacial score (nSPS) is 19.8.